The fourth-order valence-corrected chi connectivity index (χ4v) is 3.40. The second-order valence-electron chi connectivity index (χ2n) is 5.02. The molecule has 0 bridgehead atoms. The Morgan fingerprint density at radius 3 is 2.70 bits per heavy atom. The summed E-state index contributed by atoms with van der Waals surface area (Å²) < 4.78 is 27.1. The molecular formula is C15H11N2O5S-. The zero-order valence-corrected chi connectivity index (χ0v) is 12.5. The van der Waals surface area contributed by atoms with Crippen LogP contribution >= 0.6 is 0 Å². The van der Waals surface area contributed by atoms with E-state index < -0.39 is 16.0 Å². The minimum atomic E-state index is -3.90. The van der Waals surface area contributed by atoms with Crippen LogP contribution < -0.4 is 15.1 Å². The van der Waals surface area contributed by atoms with E-state index >= 15 is 0 Å². The van der Waals surface area contributed by atoms with Gasteiger partial charge in [0, 0.05) is 11.4 Å². The van der Waals surface area contributed by atoms with E-state index in [1.807, 2.05) is 0 Å². The van der Waals surface area contributed by atoms with Crippen LogP contribution in [0.25, 0.3) is 0 Å². The van der Waals surface area contributed by atoms with Gasteiger partial charge in [0.15, 0.2) is 0 Å². The molecule has 0 saturated heterocycles. The number of carboxylic acid groups (broad SMARTS) is 1. The van der Waals surface area contributed by atoms with Crippen LogP contribution in [0, 0.1) is 0 Å². The van der Waals surface area contributed by atoms with Crippen LogP contribution in [-0.2, 0) is 21.2 Å². The molecule has 0 atom stereocenters. The van der Waals surface area contributed by atoms with Gasteiger partial charge in [0.2, 0.25) is 5.91 Å². The van der Waals surface area contributed by atoms with Gasteiger partial charge in [-0.2, -0.15) is 0 Å². The topological polar surface area (TPSA) is 115 Å². The van der Waals surface area contributed by atoms with Crippen molar-refractivity contribution in [2.75, 3.05) is 10.0 Å². The highest BCUT2D eigenvalue weighted by molar-refractivity contribution is 7.92. The van der Waals surface area contributed by atoms with Gasteiger partial charge in [0.25, 0.3) is 10.0 Å². The SMILES string of the molecule is O=C1Cc2cc(S(=O)(=O)Nc3cccc(C(=O)[O-])c3)ccc2N1. The molecule has 1 amide bonds. The third-order valence-corrected chi connectivity index (χ3v) is 4.74. The van der Waals surface area contributed by atoms with Crippen LogP contribution in [0.4, 0.5) is 11.4 Å². The van der Waals surface area contributed by atoms with Crippen LogP contribution in [-0.4, -0.2) is 20.3 Å². The van der Waals surface area contributed by atoms with Crippen molar-refractivity contribution in [1.29, 1.82) is 0 Å². The summed E-state index contributed by atoms with van der Waals surface area (Å²) in [6, 6.07) is 9.63. The van der Waals surface area contributed by atoms with E-state index in [9.17, 15) is 23.1 Å². The number of hydrogen-bond acceptors (Lipinski definition) is 5. The highest BCUT2D eigenvalue weighted by Gasteiger charge is 2.21. The Bertz CT molecular complexity index is 921. The van der Waals surface area contributed by atoms with Gasteiger partial charge < -0.3 is 15.2 Å². The molecule has 0 fully saturated rings. The number of carbonyl (C=O) groups excluding carboxylic acids is 2. The zero-order chi connectivity index (χ0) is 16.6. The van der Waals surface area contributed by atoms with E-state index in [0.717, 1.165) is 0 Å². The molecular weight excluding hydrogens is 320 g/mol. The summed E-state index contributed by atoms with van der Waals surface area (Å²) in [6.45, 7) is 0. The Morgan fingerprint density at radius 2 is 1.96 bits per heavy atom. The first-order chi connectivity index (χ1) is 10.8. The van der Waals surface area contributed by atoms with Crippen LogP contribution in [0.3, 0.4) is 0 Å². The summed E-state index contributed by atoms with van der Waals surface area (Å²) in [5.74, 6) is -1.59. The molecule has 0 aromatic heterocycles. The second-order valence-corrected chi connectivity index (χ2v) is 6.70. The number of benzene rings is 2. The van der Waals surface area contributed by atoms with Crippen molar-refractivity contribution in [2.45, 2.75) is 11.3 Å². The Morgan fingerprint density at radius 1 is 1.17 bits per heavy atom. The summed E-state index contributed by atoms with van der Waals surface area (Å²) in [6.07, 6.45) is 0.124. The number of rotatable bonds is 4. The predicted octanol–water partition coefficient (Wildman–Crippen LogP) is 0.345. The molecule has 118 valence electrons. The van der Waals surface area contributed by atoms with Crippen molar-refractivity contribution < 1.29 is 23.1 Å². The summed E-state index contributed by atoms with van der Waals surface area (Å²) in [5, 5.41) is 13.4. The molecule has 0 saturated carbocycles. The minimum Gasteiger partial charge on any atom is -0.545 e. The minimum absolute atomic E-state index is 0.00777. The van der Waals surface area contributed by atoms with Gasteiger partial charge in [-0.05, 0) is 41.5 Å². The number of carboxylic acids is 1. The fraction of sp³-hybridized carbons (Fsp3) is 0.0667. The third-order valence-electron chi connectivity index (χ3n) is 3.36. The number of nitrogens with one attached hydrogen (secondary N) is 2. The zero-order valence-electron chi connectivity index (χ0n) is 11.7. The summed E-state index contributed by atoms with van der Waals surface area (Å²) in [5.41, 5.74) is 1.17. The molecule has 3 rings (SSSR count). The molecule has 1 aliphatic rings. The van der Waals surface area contributed by atoms with Crippen LogP contribution in [0.5, 0.6) is 0 Å². The van der Waals surface area contributed by atoms with Gasteiger partial charge in [0.1, 0.15) is 0 Å². The smallest absolute Gasteiger partial charge is 0.261 e. The maximum absolute atomic E-state index is 12.4. The molecule has 0 spiro atoms. The lowest BCUT2D eigenvalue weighted by molar-refractivity contribution is -0.255. The number of anilines is 2. The van der Waals surface area contributed by atoms with E-state index in [1.165, 1.54) is 42.5 Å². The van der Waals surface area contributed by atoms with E-state index in [4.69, 9.17) is 0 Å². The normalized spacial score (nSPS) is 13.3. The van der Waals surface area contributed by atoms with Crippen molar-refractivity contribution in [1.82, 2.24) is 0 Å². The van der Waals surface area contributed by atoms with Gasteiger partial charge in [0.05, 0.1) is 17.3 Å². The van der Waals surface area contributed by atoms with E-state index in [1.54, 1.807) is 0 Å². The largest absolute Gasteiger partial charge is 0.545 e. The lowest BCUT2D eigenvalue weighted by atomic mass is 10.2. The molecule has 1 aliphatic heterocycles. The Hall–Kier alpha value is -2.87. The van der Waals surface area contributed by atoms with Crippen LogP contribution in [0.1, 0.15) is 15.9 Å². The maximum atomic E-state index is 12.4. The monoisotopic (exact) mass is 331 g/mol. The number of aromatic carboxylic acids is 1. The molecule has 2 aromatic rings. The van der Waals surface area contributed by atoms with Crippen molar-refractivity contribution in [3.8, 4) is 0 Å². The molecule has 8 heteroatoms. The van der Waals surface area contributed by atoms with Crippen LogP contribution in [0.15, 0.2) is 47.4 Å². The van der Waals surface area contributed by atoms with Gasteiger partial charge in [-0.1, -0.05) is 12.1 Å². The molecule has 7 nitrogen and oxygen atoms in total. The second kappa shape index (κ2) is 5.40. The van der Waals surface area contributed by atoms with Crippen LogP contribution in [0.2, 0.25) is 0 Å². The molecule has 0 unspecified atom stereocenters. The molecule has 2 N–H and O–H groups in total. The Balaban J connectivity index is 1.91. The van der Waals surface area contributed by atoms with Gasteiger partial charge in [-0.25, -0.2) is 8.42 Å². The van der Waals surface area contributed by atoms with Crippen molar-refractivity contribution in [3.05, 3.63) is 53.6 Å². The number of amides is 1. The van der Waals surface area contributed by atoms with Gasteiger partial charge in [-0.15, -0.1) is 0 Å². The molecule has 1 heterocycles. The quantitative estimate of drug-likeness (QED) is 0.838. The predicted molar refractivity (Wildman–Crippen MR) is 80.4 cm³/mol. The number of fused-ring (bicyclic) bond motifs is 1. The van der Waals surface area contributed by atoms with Gasteiger partial charge in [-0.3, -0.25) is 9.52 Å². The van der Waals surface area contributed by atoms with Crippen molar-refractivity contribution in [3.63, 3.8) is 0 Å². The van der Waals surface area contributed by atoms with E-state index in [0.29, 0.717) is 11.3 Å². The first-order valence-corrected chi connectivity index (χ1v) is 8.10. The highest BCUT2D eigenvalue weighted by atomic mass is 32.2. The molecule has 23 heavy (non-hydrogen) atoms. The average molecular weight is 331 g/mol. The third kappa shape index (κ3) is 3.02. The summed E-state index contributed by atoms with van der Waals surface area (Å²) in [7, 11) is -3.90. The lowest BCUT2D eigenvalue weighted by Crippen LogP contribution is -2.22. The maximum Gasteiger partial charge on any atom is 0.261 e. The lowest BCUT2D eigenvalue weighted by Gasteiger charge is -2.11. The Labute approximate surface area is 132 Å². The van der Waals surface area contributed by atoms with E-state index in [-0.39, 0.29) is 28.5 Å². The van der Waals surface area contributed by atoms with Crippen molar-refractivity contribution in [2.24, 2.45) is 0 Å². The fourth-order valence-electron chi connectivity index (χ4n) is 2.30. The Kier molecular flexibility index (Phi) is 3.53. The number of hydrogen-bond donors (Lipinski definition) is 2. The molecule has 2 aromatic carbocycles. The molecule has 0 aliphatic carbocycles. The first kappa shape index (κ1) is 15.0. The number of sulfonamides is 1. The van der Waals surface area contributed by atoms with Crippen molar-refractivity contribution >= 4 is 33.3 Å². The standard InChI is InChI=1S/C15H12N2O5S/c18-14-8-10-7-12(4-5-13(10)16-14)23(21,22)17-11-3-1-2-9(6-11)15(19)20/h1-7,17H,8H2,(H,16,18)(H,19,20)/p-1. The first-order valence-electron chi connectivity index (χ1n) is 6.62. The van der Waals surface area contributed by atoms with Gasteiger partial charge >= 0.3 is 0 Å². The number of carbonyl (C=O) groups is 2. The van der Waals surface area contributed by atoms with E-state index in [2.05, 4.69) is 10.0 Å². The summed E-state index contributed by atoms with van der Waals surface area (Å²) in [4.78, 5) is 22.1. The highest BCUT2D eigenvalue weighted by Crippen LogP contribution is 2.26. The summed E-state index contributed by atoms with van der Waals surface area (Å²) >= 11 is 0. The average Bonchev–Trinajstić information content (AvgIpc) is 2.86. The molecule has 0 radical (unpaired) electrons.